The monoisotopic (exact) mass is 141 g/mol. The predicted octanol–water partition coefficient (Wildman–Crippen LogP) is 2.47. The third-order valence-electron chi connectivity index (χ3n) is 1.36. The molecule has 0 aromatic heterocycles. The fraction of sp³-hybridized carbons (Fsp3) is 0.778. The van der Waals surface area contributed by atoms with Crippen molar-refractivity contribution >= 4 is 0 Å². The van der Waals surface area contributed by atoms with Crippen LogP contribution >= 0.6 is 0 Å². The first-order valence-electron chi connectivity index (χ1n) is 4.00. The molecule has 0 atom stereocenters. The molecule has 0 aliphatic heterocycles. The molecule has 0 amide bonds. The van der Waals surface area contributed by atoms with Crippen LogP contribution in [0, 0.1) is 0 Å². The Morgan fingerprint density at radius 1 is 1.30 bits per heavy atom. The molecule has 0 aliphatic carbocycles. The molecule has 2 N–H and O–H groups in total. The van der Waals surface area contributed by atoms with Crippen LogP contribution in [0.4, 0.5) is 0 Å². The maximum atomic E-state index is 5.78. The number of hydrogen-bond acceptors (Lipinski definition) is 1. The second-order valence-corrected chi connectivity index (χ2v) is 3.41. The summed E-state index contributed by atoms with van der Waals surface area (Å²) in [4.78, 5) is 0. The van der Waals surface area contributed by atoms with Crippen LogP contribution in [0.1, 0.15) is 40.0 Å². The highest BCUT2D eigenvalue weighted by Gasteiger charge is 2.07. The van der Waals surface area contributed by atoms with E-state index in [0.717, 1.165) is 19.3 Å². The highest BCUT2D eigenvalue weighted by Crippen LogP contribution is 2.07. The minimum atomic E-state index is -0.00190. The molecule has 0 saturated carbocycles. The Morgan fingerprint density at radius 2 is 1.90 bits per heavy atom. The number of allylic oxidation sites excluding steroid dienone is 2. The van der Waals surface area contributed by atoms with Gasteiger partial charge in [0, 0.05) is 5.54 Å². The summed E-state index contributed by atoms with van der Waals surface area (Å²) in [6.07, 6.45) is 7.70. The van der Waals surface area contributed by atoms with Crippen molar-refractivity contribution in [3.05, 3.63) is 12.2 Å². The van der Waals surface area contributed by atoms with E-state index in [-0.39, 0.29) is 5.54 Å². The predicted molar refractivity (Wildman–Crippen MR) is 46.9 cm³/mol. The zero-order valence-corrected chi connectivity index (χ0v) is 7.35. The molecule has 0 bridgehead atoms. The molecule has 0 heterocycles. The van der Waals surface area contributed by atoms with E-state index in [2.05, 4.69) is 32.9 Å². The number of nitrogens with two attached hydrogens (primary N) is 1. The molecule has 0 aromatic carbocycles. The standard InChI is InChI=1S/C9H19N/c1-4-5-6-7-8-9(2,3)10/h5-6H,4,7-8,10H2,1-3H3/b6-5+. The SMILES string of the molecule is CC/C=C/CCC(C)(C)N. The topological polar surface area (TPSA) is 26.0 Å². The molecule has 0 spiro atoms. The van der Waals surface area contributed by atoms with Crippen LogP contribution in [0.2, 0.25) is 0 Å². The molecule has 10 heavy (non-hydrogen) atoms. The van der Waals surface area contributed by atoms with Crippen LogP contribution in [-0.2, 0) is 0 Å². The zero-order valence-electron chi connectivity index (χ0n) is 7.35. The Hall–Kier alpha value is -0.300. The molecule has 0 aromatic rings. The van der Waals surface area contributed by atoms with E-state index in [1.807, 2.05) is 0 Å². The van der Waals surface area contributed by atoms with Gasteiger partial charge < -0.3 is 5.73 Å². The fourth-order valence-electron chi connectivity index (χ4n) is 0.740. The lowest BCUT2D eigenvalue weighted by molar-refractivity contribution is 0.481. The fourth-order valence-corrected chi connectivity index (χ4v) is 0.740. The van der Waals surface area contributed by atoms with E-state index in [1.54, 1.807) is 0 Å². The second kappa shape index (κ2) is 4.51. The lowest BCUT2D eigenvalue weighted by Crippen LogP contribution is -2.31. The molecule has 0 radical (unpaired) electrons. The largest absolute Gasteiger partial charge is 0.326 e. The highest BCUT2D eigenvalue weighted by atomic mass is 14.7. The van der Waals surface area contributed by atoms with Crippen molar-refractivity contribution in [2.24, 2.45) is 5.73 Å². The third-order valence-corrected chi connectivity index (χ3v) is 1.36. The highest BCUT2D eigenvalue weighted by molar-refractivity contribution is 4.84. The molecule has 0 saturated heterocycles. The van der Waals surface area contributed by atoms with Crippen LogP contribution in [0.25, 0.3) is 0 Å². The van der Waals surface area contributed by atoms with Crippen LogP contribution in [0.3, 0.4) is 0 Å². The van der Waals surface area contributed by atoms with Crippen LogP contribution < -0.4 is 5.73 Å². The first-order chi connectivity index (χ1) is 4.56. The summed E-state index contributed by atoms with van der Waals surface area (Å²) >= 11 is 0. The molecule has 1 nitrogen and oxygen atoms in total. The third kappa shape index (κ3) is 7.70. The van der Waals surface area contributed by atoms with Gasteiger partial charge in [0.15, 0.2) is 0 Å². The minimum Gasteiger partial charge on any atom is -0.326 e. The van der Waals surface area contributed by atoms with E-state index < -0.39 is 0 Å². The smallest absolute Gasteiger partial charge is 0.01000 e. The Labute approximate surface area is 64.3 Å². The average Bonchev–Trinajstić information content (AvgIpc) is 1.78. The summed E-state index contributed by atoms with van der Waals surface area (Å²) in [5, 5.41) is 0. The maximum absolute atomic E-state index is 5.78. The molecule has 0 aliphatic rings. The van der Waals surface area contributed by atoms with Gasteiger partial charge in [0.1, 0.15) is 0 Å². The van der Waals surface area contributed by atoms with Gasteiger partial charge in [0.2, 0.25) is 0 Å². The Kier molecular flexibility index (Phi) is 4.37. The molecule has 0 unspecified atom stereocenters. The quantitative estimate of drug-likeness (QED) is 0.598. The first kappa shape index (κ1) is 9.70. The van der Waals surface area contributed by atoms with Gasteiger partial charge in [0.05, 0.1) is 0 Å². The van der Waals surface area contributed by atoms with Gasteiger partial charge in [-0.2, -0.15) is 0 Å². The molecular weight excluding hydrogens is 122 g/mol. The Bertz CT molecular complexity index is 97.8. The Balaban J connectivity index is 3.28. The summed E-state index contributed by atoms with van der Waals surface area (Å²) in [6.45, 7) is 6.27. The van der Waals surface area contributed by atoms with Gasteiger partial charge in [0.25, 0.3) is 0 Å². The van der Waals surface area contributed by atoms with E-state index >= 15 is 0 Å². The molecule has 0 fully saturated rings. The number of rotatable bonds is 4. The average molecular weight is 141 g/mol. The normalized spacial score (nSPS) is 12.8. The van der Waals surface area contributed by atoms with E-state index in [9.17, 15) is 0 Å². The zero-order chi connectivity index (χ0) is 8.04. The molecule has 60 valence electrons. The number of hydrogen-bond donors (Lipinski definition) is 1. The summed E-state index contributed by atoms with van der Waals surface area (Å²) in [6, 6.07) is 0. The van der Waals surface area contributed by atoms with Crippen LogP contribution in [0.15, 0.2) is 12.2 Å². The van der Waals surface area contributed by atoms with Crippen molar-refractivity contribution in [2.45, 2.75) is 45.6 Å². The van der Waals surface area contributed by atoms with Crippen molar-refractivity contribution in [1.82, 2.24) is 0 Å². The Morgan fingerprint density at radius 3 is 2.30 bits per heavy atom. The van der Waals surface area contributed by atoms with Crippen molar-refractivity contribution in [3.8, 4) is 0 Å². The van der Waals surface area contributed by atoms with Gasteiger partial charge in [-0.15, -0.1) is 0 Å². The van der Waals surface area contributed by atoms with Gasteiger partial charge in [-0.25, -0.2) is 0 Å². The maximum Gasteiger partial charge on any atom is 0.01000 e. The van der Waals surface area contributed by atoms with Gasteiger partial charge in [-0.05, 0) is 33.1 Å². The first-order valence-corrected chi connectivity index (χ1v) is 4.00. The van der Waals surface area contributed by atoms with E-state index in [4.69, 9.17) is 5.73 Å². The lowest BCUT2D eigenvalue weighted by Gasteiger charge is -2.16. The van der Waals surface area contributed by atoms with Crippen LogP contribution in [0.5, 0.6) is 0 Å². The molecule has 1 heteroatoms. The van der Waals surface area contributed by atoms with E-state index in [1.165, 1.54) is 0 Å². The summed E-state index contributed by atoms with van der Waals surface area (Å²) < 4.78 is 0. The van der Waals surface area contributed by atoms with Crippen molar-refractivity contribution in [2.75, 3.05) is 0 Å². The summed E-state index contributed by atoms with van der Waals surface area (Å²) in [5.41, 5.74) is 5.78. The summed E-state index contributed by atoms with van der Waals surface area (Å²) in [7, 11) is 0. The minimum absolute atomic E-state index is 0.00190. The van der Waals surface area contributed by atoms with Gasteiger partial charge >= 0.3 is 0 Å². The van der Waals surface area contributed by atoms with Gasteiger partial charge in [-0.3, -0.25) is 0 Å². The van der Waals surface area contributed by atoms with Crippen LogP contribution in [-0.4, -0.2) is 5.54 Å². The summed E-state index contributed by atoms with van der Waals surface area (Å²) in [5.74, 6) is 0. The molecular formula is C9H19N. The van der Waals surface area contributed by atoms with Crippen molar-refractivity contribution in [1.29, 1.82) is 0 Å². The second-order valence-electron chi connectivity index (χ2n) is 3.41. The van der Waals surface area contributed by atoms with E-state index in [0.29, 0.717) is 0 Å². The van der Waals surface area contributed by atoms with Crippen molar-refractivity contribution in [3.63, 3.8) is 0 Å². The van der Waals surface area contributed by atoms with Crippen molar-refractivity contribution < 1.29 is 0 Å². The molecule has 0 rings (SSSR count). The lowest BCUT2D eigenvalue weighted by atomic mass is 10.00. The van der Waals surface area contributed by atoms with Gasteiger partial charge in [-0.1, -0.05) is 19.1 Å².